The van der Waals surface area contributed by atoms with Crippen LogP contribution in [0.2, 0.25) is 0 Å². The molecule has 1 fully saturated rings. The Morgan fingerprint density at radius 3 is 2.53 bits per heavy atom. The van der Waals surface area contributed by atoms with E-state index in [0.717, 1.165) is 50.6 Å². The van der Waals surface area contributed by atoms with Gasteiger partial charge in [0.25, 0.3) is 5.56 Å². The lowest BCUT2D eigenvalue weighted by Crippen LogP contribution is -2.42. The van der Waals surface area contributed by atoms with E-state index in [1.54, 1.807) is 4.57 Å². The number of amides is 1. The largest absolute Gasteiger partial charge is 0.356 e. The molecule has 170 valence electrons. The van der Waals surface area contributed by atoms with E-state index >= 15 is 0 Å². The van der Waals surface area contributed by atoms with E-state index in [9.17, 15) is 14.4 Å². The van der Waals surface area contributed by atoms with Gasteiger partial charge in [-0.05, 0) is 55.0 Å². The zero-order valence-corrected chi connectivity index (χ0v) is 19.4. The lowest BCUT2D eigenvalue weighted by molar-refractivity contribution is -0.126. The van der Waals surface area contributed by atoms with Crippen molar-refractivity contribution in [1.82, 2.24) is 14.5 Å². The first-order valence-electron chi connectivity index (χ1n) is 11.6. The van der Waals surface area contributed by atoms with Crippen molar-refractivity contribution in [3.63, 3.8) is 0 Å². The number of thiophene rings is 1. The average Bonchev–Trinajstić information content (AvgIpc) is 3.31. The summed E-state index contributed by atoms with van der Waals surface area (Å²) >= 11 is 1.39. The average molecular weight is 454 g/mol. The van der Waals surface area contributed by atoms with E-state index in [4.69, 9.17) is 0 Å². The third-order valence-corrected chi connectivity index (χ3v) is 7.40. The number of hydrogen-bond donors (Lipinski definition) is 1. The number of rotatable bonds is 8. The van der Waals surface area contributed by atoms with Gasteiger partial charge in [-0.25, -0.2) is 4.79 Å². The monoisotopic (exact) mass is 453 g/mol. The van der Waals surface area contributed by atoms with Gasteiger partial charge < -0.3 is 5.32 Å². The lowest BCUT2D eigenvalue weighted by Gasteiger charge is -2.28. The van der Waals surface area contributed by atoms with E-state index in [-0.39, 0.29) is 29.0 Å². The van der Waals surface area contributed by atoms with Gasteiger partial charge in [0.15, 0.2) is 0 Å². The molecular weight excluding hydrogens is 422 g/mol. The summed E-state index contributed by atoms with van der Waals surface area (Å²) in [7, 11) is 0. The first kappa shape index (κ1) is 22.5. The number of unbranched alkanes of at least 4 members (excludes halogenated alkanes) is 1. The molecule has 0 unspecified atom stereocenters. The summed E-state index contributed by atoms with van der Waals surface area (Å²) in [5.41, 5.74) is 1.30. The van der Waals surface area contributed by atoms with Crippen LogP contribution in [0.15, 0.2) is 51.4 Å². The zero-order valence-electron chi connectivity index (χ0n) is 18.6. The predicted molar refractivity (Wildman–Crippen MR) is 129 cm³/mol. The second kappa shape index (κ2) is 10.3. The summed E-state index contributed by atoms with van der Waals surface area (Å²) in [6.07, 6.45) is 5.42. The molecular formula is C25H31N3O3S. The maximum absolute atomic E-state index is 13.4. The van der Waals surface area contributed by atoms with Crippen LogP contribution in [0.1, 0.15) is 51.0 Å². The Hall–Kier alpha value is -2.67. The van der Waals surface area contributed by atoms with Crippen molar-refractivity contribution < 1.29 is 4.79 Å². The van der Waals surface area contributed by atoms with E-state index in [1.807, 2.05) is 41.8 Å². The van der Waals surface area contributed by atoms with Crippen molar-refractivity contribution in [3.05, 3.63) is 68.2 Å². The van der Waals surface area contributed by atoms with Crippen LogP contribution in [-0.2, 0) is 17.9 Å². The first-order valence-corrected chi connectivity index (χ1v) is 12.5. The van der Waals surface area contributed by atoms with Crippen molar-refractivity contribution >= 4 is 27.5 Å². The molecule has 3 aromatic rings. The number of carbonyl (C=O) groups is 1. The van der Waals surface area contributed by atoms with Crippen LogP contribution >= 0.6 is 11.3 Å². The number of nitrogens with zero attached hydrogens (tertiary/aromatic N) is 2. The van der Waals surface area contributed by atoms with Crippen molar-refractivity contribution in [2.24, 2.45) is 11.8 Å². The van der Waals surface area contributed by atoms with E-state index < -0.39 is 0 Å². The molecule has 2 heterocycles. The van der Waals surface area contributed by atoms with Crippen molar-refractivity contribution in [2.45, 2.75) is 58.5 Å². The molecule has 1 aliphatic carbocycles. The van der Waals surface area contributed by atoms with Gasteiger partial charge in [-0.1, -0.05) is 43.7 Å². The van der Waals surface area contributed by atoms with E-state index in [1.165, 1.54) is 15.9 Å². The molecule has 1 aliphatic rings. The van der Waals surface area contributed by atoms with Crippen LogP contribution in [0.3, 0.4) is 0 Å². The number of aromatic nitrogens is 2. The van der Waals surface area contributed by atoms with E-state index in [0.29, 0.717) is 23.3 Å². The van der Waals surface area contributed by atoms with Crippen molar-refractivity contribution in [2.75, 3.05) is 6.54 Å². The maximum atomic E-state index is 13.4. The standard InChI is InChI=1S/C25H31N3O3S/c1-2-3-14-26-23(29)20-11-9-19(10-12-20)17-28-24(30)22-21(13-15-32-22)27(25(28)31)16-18-7-5-4-6-8-18/h4-8,13,15,19-20H,2-3,9-12,14,16-17H2,1H3,(H,26,29). The molecule has 0 spiro atoms. The highest BCUT2D eigenvalue weighted by molar-refractivity contribution is 7.17. The highest BCUT2D eigenvalue weighted by Gasteiger charge is 2.27. The molecule has 0 saturated heterocycles. The molecule has 2 aromatic heterocycles. The molecule has 6 nitrogen and oxygen atoms in total. The minimum atomic E-state index is -0.246. The number of fused-ring (bicyclic) bond motifs is 1. The van der Waals surface area contributed by atoms with Crippen molar-refractivity contribution in [1.29, 1.82) is 0 Å². The normalized spacial score (nSPS) is 18.7. The summed E-state index contributed by atoms with van der Waals surface area (Å²) in [5, 5.41) is 4.91. The Labute approximate surface area is 191 Å². The molecule has 4 rings (SSSR count). The molecule has 1 N–H and O–H groups in total. The SMILES string of the molecule is CCCCNC(=O)C1CCC(Cn2c(=O)c3sccc3n(Cc3ccccc3)c2=O)CC1. The minimum absolute atomic E-state index is 0.0503. The van der Waals surface area contributed by atoms with Gasteiger partial charge >= 0.3 is 5.69 Å². The van der Waals surface area contributed by atoms with Crippen LogP contribution in [-0.4, -0.2) is 21.6 Å². The van der Waals surface area contributed by atoms with Crippen LogP contribution in [0, 0.1) is 11.8 Å². The second-order valence-corrected chi connectivity index (χ2v) is 9.68. The van der Waals surface area contributed by atoms with Crippen molar-refractivity contribution in [3.8, 4) is 0 Å². The molecule has 1 aromatic carbocycles. The number of benzene rings is 1. The maximum Gasteiger partial charge on any atom is 0.331 e. The Morgan fingerprint density at radius 2 is 1.81 bits per heavy atom. The molecule has 0 atom stereocenters. The molecule has 0 aliphatic heterocycles. The highest BCUT2D eigenvalue weighted by atomic mass is 32.1. The Bertz CT molecular complexity index is 1170. The zero-order chi connectivity index (χ0) is 22.5. The van der Waals surface area contributed by atoms with Crippen LogP contribution in [0.25, 0.3) is 10.2 Å². The Morgan fingerprint density at radius 1 is 1.06 bits per heavy atom. The van der Waals surface area contributed by atoms with Crippen LogP contribution in [0.4, 0.5) is 0 Å². The molecule has 0 radical (unpaired) electrons. The number of nitrogens with one attached hydrogen (secondary N) is 1. The Kier molecular flexibility index (Phi) is 7.25. The minimum Gasteiger partial charge on any atom is -0.356 e. The molecule has 1 saturated carbocycles. The quantitative estimate of drug-likeness (QED) is 0.524. The summed E-state index contributed by atoms with van der Waals surface area (Å²) in [6, 6.07) is 11.7. The fourth-order valence-corrected chi connectivity index (χ4v) is 5.45. The van der Waals surface area contributed by atoms with Crippen LogP contribution < -0.4 is 16.6 Å². The highest BCUT2D eigenvalue weighted by Crippen LogP contribution is 2.30. The topological polar surface area (TPSA) is 73.1 Å². The summed E-state index contributed by atoms with van der Waals surface area (Å²) in [6.45, 7) is 3.72. The van der Waals surface area contributed by atoms with Gasteiger partial charge in [0.05, 0.1) is 12.1 Å². The molecule has 1 amide bonds. The molecule has 32 heavy (non-hydrogen) atoms. The lowest BCUT2D eigenvalue weighted by atomic mass is 9.81. The van der Waals surface area contributed by atoms with E-state index in [2.05, 4.69) is 12.2 Å². The smallest absolute Gasteiger partial charge is 0.331 e. The fourth-order valence-electron chi connectivity index (χ4n) is 4.61. The van der Waals surface area contributed by atoms with Crippen LogP contribution in [0.5, 0.6) is 0 Å². The molecule has 7 heteroatoms. The summed E-state index contributed by atoms with van der Waals surface area (Å²) < 4.78 is 3.77. The Balaban J connectivity index is 1.51. The van der Waals surface area contributed by atoms with Gasteiger partial charge in [0, 0.05) is 19.0 Å². The third-order valence-electron chi connectivity index (χ3n) is 6.51. The molecule has 0 bridgehead atoms. The van der Waals surface area contributed by atoms with Gasteiger partial charge in [0.1, 0.15) is 4.70 Å². The van der Waals surface area contributed by atoms with Gasteiger partial charge in [-0.15, -0.1) is 11.3 Å². The number of hydrogen-bond acceptors (Lipinski definition) is 4. The van der Waals surface area contributed by atoms with Gasteiger partial charge in [-0.2, -0.15) is 0 Å². The summed E-state index contributed by atoms with van der Waals surface area (Å²) in [5.74, 6) is 0.441. The summed E-state index contributed by atoms with van der Waals surface area (Å²) in [4.78, 5) is 38.8. The number of carbonyl (C=O) groups excluding carboxylic acids is 1. The first-order chi connectivity index (χ1) is 15.6. The predicted octanol–water partition coefficient (Wildman–Crippen LogP) is 4.00. The third kappa shape index (κ3) is 4.88. The second-order valence-electron chi connectivity index (χ2n) is 8.77. The van der Waals surface area contributed by atoms with Gasteiger partial charge in [0.2, 0.25) is 5.91 Å². The van der Waals surface area contributed by atoms with Gasteiger partial charge in [-0.3, -0.25) is 18.7 Å². The fraction of sp³-hybridized carbons (Fsp3) is 0.480.